The predicted molar refractivity (Wildman–Crippen MR) is 175 cm³/mol. The van der Waals surface area contributed by atoms with Gasteiger partial charge in [-0.3, -0.25) is 0 Å². The van der Waals surface area contributed by atoms with Crippen molar-refractivity contribution < 1.29 is 9.47 Å². The summed E-state index contributed by atoms with van der Waals surface area (Å²) in [6.07, 6.45) is 0. The van der Waals surface area contributed by atoms with Gasteiger partial charge < -0.3 is 9.47 Å². The highest BCUT2D eigenvalue weighted by molar-refractivity contribution is 7.29. The zero-order chi connectivity index (χ0) is 25.8. The second kappa shape index (κ2) is 10.4. The average molecular weight is 613 g/mol. The summed E-state index contributed by atoms with van der Waals surface area (Å²) in [4.78, 5) is 2.16. The van der Waals surface area contributed by atoms with E-state index >= 15 is 0 Å². The van der Waals surface area contributed by atoms with E-state index in [9.17, 15) is 0 Å². The number of thiophene rings is 4. The zero-order valence-corrected chi connectivity index (χ0v) is 24.1. The molecule has 0 unspecified atom stereocenters. The van der Waals surface area contributed by atoms with Crippen LogP contribution in [0.15, 0.2) is 95.7 Å². The van der Waals surface area contributed by atoms with E-state index in [2.05, 4.69) is 35.0 Å². The first-order valence-electron chi connectivity index (χ1n) is 12.0. The van der Waals surface area contributed by atoms with E-state index in [1.165, 1.54) is 30.5 Å². The number of rotatable bonds is 6. The number of benzene rings is 3. The molecule has 0 fully saturated rings. The maximum atomic E-state index is 6.76. The van der Waals surface area contributed by atoms with Gasteiger partial charge in [0.1, 0.15) is 22.5 Å². The van der Waals surface area contributed by atoms with Crippen LogP contribution in [0, 0.1) is 0 Å². The van der Waals surface area contributed by atoms with Gasteiger partial charge in [0.05, 0.1) is 22.9 Å². The third-order valence-corrected chi connectivity index (χ3v) is 11.1. The third kappa shape index (κ3) is 4.31. The maximum absolute atomic E-state index is 6.76. The van der Waals surface area contributed by atoms with E-state index in [1.807, 2.05) is 60.7 Å². The van der Waals surface area contributed by atoms with Crippen LogP contribution in [0.3, 0.4) is 0 Å². The Morgan fingerprint density at radius 3 is 1.40 bits per heavy atom. The second-order valence-electron chi connectivity index (χ2n) is 8.72. The lowest BCUT2D eigenvalue weighted by molar-refractivity contribution is 0.422. The summed E-state index contributed by atoms with van der Waals surface area (Å²) < 4.78 is 28.2. The summed E-state index contributed by atoms with van der Waals surface area (Å²) in [5, 5.41) is 4.25. The number of hydrogen-bond donors (Lipinski definition) is 0. The van der Waals surface area contributed by atoms with Crippen molar-refractivity contribution in [3.63, 3.8) is 0 Å². The number of aromatic nitrogens is 2. The molecule has 0 N–H and O–H groups in total. The highest BCUT2D eigenvalue weighted by Crippen LogP contribution is 2.56. The van der Waals surface area contributed by atoms with E-state index in [1.54, 1.807) is 45.3 Å². The fourth-order valence-electron chi connectivity index (χ4n) is 4.60. The van der Waals surface area contributed by atoms with Crippen LogP contribution in [0.4, 0.5) is 0 Å². The Morgan fingerprint density at radius 1 is 0.525 bits per heavy atom. The van der Waals surface area contributed by atoms with Crippen LogP contribution in [0.25, 0.3) is 50.7 Å². The van der Waals surface area contributed by atoms with Gasteiger partial charge in [-0.2, -0.15) is 8.75 Å². The fourth-order valence-corrected chi connectivity index (χ4v) is 9.46. The summed E-state index contributed by atoms with van der Waals surface area (Å²) in [7, 11) is 0. The molecule has 0 saturated heterocycles. The van der Waals surface area contributed by atoms with Crippen molar-refractivity contribution in [2.75, 3.05) is 0 Å². The molecule has 40 heavy (non-hydrogen) atoms. The first kappa shape index (κ1) is 25.4. The molecule has 0 spiro atoms. The fraction of sp³-hybridized carbons (Fsp3) is 0.0323. The summed E-state index contributed by atoms with van der Waals surface area (Å²) in [6, 6.07) is 28.5. The average Bonchev–Trinajstić information content (AvgIpc) is 3.77. The first-order valence-corrected chi connectivity index (χ1v) is 16.2. The molecule has 0 aliphatic carbocycles. The molecule has 0 aliphatic rings. The second-order valence-corrected chi connectivity index (χ2v) is 13.3. The lowest BCUT2D eigenvalue weighted by Crippen LogP contribution is -1.97. The molecular weight excluding hydrogens is 593 g/mol. The summed E-state index contributed by atoms with van der Waals surface area (Å²) in [5.74, 6) is 2.75. The Morgan fingerprint density at radius 2 is 0.975 bits per heavy atom. The Hall–Kier alpha value is -3.60. The standard InChI is InChI=1S/C30H16N2O2S5.CH4/c1-3-7-17(8-4-1)33-29-25(23-15-21-19(37-23)11-13-35-21)27-28(32-39-31-27)26(24-16-22-20(38-24)12-14-36-22)30(29)34-18-9-5-2-6-10-18;/h1-16H;1H4. The summed E-state index contributed by atoms with van der Waals surface area (Å²) >= 11 is 8.17. The quantitative estimate of drug-likeness (QED) is 0.187. The molecule has 8 aromatic rings. The highest BCUT2D eigenvalue weighted by atomic mass is 32.1. The zero-order valence-electron chi connectivity index (χ0n) is 20.0. The van der Waals surface area contributed by atoms with E-state index in [4.69, 9.17) is 18.2 Å². The highest BCUT2D eigenvalue weighted by Gasteiger charge is 2.30. The van der Waals surface area contributed by atoms with Gasteiger partial charge in [-0.05, 0) is 59.3 Å². The molecule has 196 valence electrons. The van der Waals surface area contributed by atoms with Gasteiger partial charge in [-0.15, -0.1) is 45.3 Å². The third-order valence-electron chi connectivity index (χ3n) is 6.32. The molecule has 0 radical (unpaired) electrons. The van der Waals surface area contributed by atoms with Crippen molar-refractivity contribution >= 4 is 86.9 Å². The molecule has 8 rings (SSSR count). The number of para-hydroxylation sites is 2. The molecular formula is C31H20N2O2S5. The van der Waals surface area contributed by atoms with Gasteiger partial charge in [-0.25, -0.2) is 0 Å². The van der Waals surface area contributed by atoms with Gasteiger partial charge in [0.25, 0.3) is 0 Å². The van der Waals surface area contributed by atoms with Gasteiger partial charge >= 0.3 is 0 Å². The molecule has 0 atom stereocenters. The van der Waals surface area contributed by atoms with Crippen LogP contribution in [-0.4, -0.2) is 8.75 Å². The van der Waals surface area contributed by atoms with Crippen LogP contribution in [0.5, 0.6) is 23.0 Å². The molecule has 0 aliphatic heterocycles. The van der Waals surface area contributed by atoms with Crippen LogP contribution >= 0.6 is 57.1 Å². The minimum Gasteiger partial charge on any atom is -0.453 e. The number of hydrogen-bond acceptors (Lipinski definition) is 9. The van der Waals surface area contributed by atoms with Crippen molar-refractivity contribution in [2.45, 2.75) is 7.43 Å². The van der Waals surface area contributed by atoms with Crippen LogP contribution in [0.1, 0.15) is 7.43 Å². The van der Waals surface area contributed by atoms with Crippen molar-refractivity contribution in [2.24, 2.45) is 0 Å². The largest absolute Gasteiger partial charge is 0.453 e. The van der Waals surface area contributed by atoms with Crippen LogP contribution in [-0.2, 0) is 0 Å². The smallest absolute Gasteiger partial charge is 0.181 e. The molecule has 9 heteroatoms. The number of fused-ring (bicyclic) bond motifs is 3. The SMILES string of the molecule is C.c1ccc(Oc2c(Oc3ccccc3)c(-c3cc4sccc4s3)c3nsnc3c2-c2cc3sccc3s2)cc1. The molecule has 0 saturated carbocycles. The Labute approximate surface area is 250 Å². The van der Waals surface area contributed by atoms with Crippen molar-refractivity contribution in [3.05, 3.63) is 95.7 Å². The Balaban J connectivity index is 0.00000264. The van der Waals surface area contributed by atoms with E-state index in [0.717, 1.165) is 43.4 Å². The molecule has 5 aromatic heterocycles. The van der Waals surface area contributed by atoms with Crippen LogP contribution in [0.2, 0.25) is 0 Å². The predicted octanol–water partition coefficient (Wildman–Crippen LogP) is 11.8. The van der Waals surface area contributed by atoms with Crippen LogP contribution < -0.4 is 9.47 Å². The topological polar surface area (TPSA) is 44.2 Å². The van der Waals surface area contributed by atoms with Crippen molar-refractivity contribution in [1.82, 2.24) is 8.75 Å². The van der Waals surface area contributed by atoms with E-state index < -0.39 is 0 Å². The first-order chi connectivity index (χ1) is 19.3. The number of ether oxygens (including phenoxy) is 2. The minimum atomic E-state index is 0. The normalized spacial score (nSPS) is 11.3. The molecule has 5 heterocycles. The van der Waals surface area contributed by atoms with Crippen molar-refractivity contribution in [3.8, 4) is 43.9 Å². The lowest BCUT2D eigenvalue weighted by atomic mass is 10.0. The van der Waals surface area contributed by atoms with Gasteiger partial charge in [0.2, 0.25) is 0 Å². The lowest BCUT2D eigenvalue weighted by Gasteiger charge is -2.19. The summed E-state index contributed by atoms with van der Waals surface area (Å²) in [5.41, 5.74) is 3.46. The van der Waals surface area contributed by atoms with Gasteiger partial charge in [0, 0.05) is 28.6 Å². The Kier molecular flexibility index (Phi) is 6.61. The minimum absolute atomic E-state index is 0. The van der Waals surface area contributed by atoms with Gasteiger partial charge in [-0.1, -0.05) is 43.8 Å². The monoisotopic (exact) mass is 612 g/mol. The van der Waals surface area contributed by atoms with Crippen molar-refractivity contribution in [1.29, 1.82) is 0 Å². The maximum Gasteiger partial charge on any atom is 0.181 e. The van der Waals surface area contributed by atoms with Gasteiger partial charge in [0.15, 0.2) is 11.5 Å². The molecule has 0 amide bonds. The number of nitrogens with zero attached hydrogens (tertiary/aromatic N) is 2. The molecule has 0 bridgehead atoms. The molecule has 4 nitrogen and oxygen atoms in total. The van der Waals surface area contributed by atoms with E-state index in [0.29, 0.717) is 11.5 Å². The van der Waals surface area contributed by atoms with E-state index in [-0.39, 0.29) is 7.43 Å². The summed E-state index contributed by atoms with van der Waals surface area (Å²) in [6.45, 7) is 0. The molecule has 3 aromatic carbocycles. The Bertz CT molecular complexity index is 1880.